The van der Waals surface area contributed by atoms with Gasteiger partial charge in [-0.3, -0.25) is 4.79 Å². The van der Waals surface area contributed by atoms with Gasteiger partial charge in [0.15, 0.2) is 6.61 Å². The first-order chi connectivity index (χ1) is 15.8. The molecule has 0 saturated carbocycles. The molecule has 1 N–H and O–H groups in total. The Morgan fingerprint density at radius 2 is 1.79 bits per heavy atom. The number of carbonyl (C=O) groups is 2. The van der Waals surface area contributed by atoms with Crippen LogP contribution < -0.4 is 14.9 Å². The Bertz CT molecular complexity index is 1160. The summed E-state index contributed by atoms with van der Waals surface area (Å²) >= 11 is 6.02. The number of nitrogens with one attached hydrogen (secondary N) is 1. The fraction of sp³-hybridized carbons (Fsp3) is 0.192. The number of amides is 1. The van der Waals surface area contributed by atoms with Crippen molar-refractivity contribution >= 4 is 29.7 Å². The lowest BCUT2D eigenvalue weighted by atomic mass is 10.0. The summed E-state index contributed by atoms with van der Waals surface area (Å²) in [6.07, 6.45) is 1.49. The minimum Gasteiger partial charge on any atom is -0.483 e. The summed E-state index contributed by atoms with van der Waals surface area (Å²) in [6, 6.07) is 19.3. The van der Waals surface area contributed by atoms with Crippen LogP contribution >= 0.6 is 11.6 Å². The van der Waals surface area contributed by atoms with Gasteiger partial charge in [-0.15, -0.1) is 0 Å². The van der Waals surface area contributed by atoms with E-state index in [1.54, 1.807) is 48.5 Å². The zero-order chi connectivity index (χ0) is 23.8. The van der Waals surface area contributed by atoms with Crippen LogP contribution in [0.4, 0.5) is 0 Å². The lowest BCUT2D eigenvalue weighted by Crippen LogP contribution is -2.25. The van der Waals surface area contributed by atoms with Gasteiger partial charge >= 0.3 is 5.97 Å². The molecular formula is C26H25ClN2O4. The van der Waals surface area contributed by atoms with E-state index in [2.05, 4.69) is 24.4 Å². The van der Waals surface area contributed by atoms with E-state index in [4.69, 9.17) is 21.1 Å². The number of nitrogens with zero attached hydrogens (tertiary/aromatic N) is 1. The van der Waals surface area contributed by atoms with Crippen LogP contribution in [0.3, 0.4) is 0 Å². The molecule has 0 aliphatic heterocycles. The molecule has 3 aromatic rings. The number of benzene rings is 3. The minimum atomic E-state index is -0.538. The summed E-state index contributed by atoms with van der Waals surface area (Å²) in [6.45, 7) is 5.98. The number of halogens is 1. The number of hydrogen-bond donors (Lipinski definition) is 1. The first-order valence-electron chi connectivity index (χ1n) is 10.5. The molecular weight excluding hydrogens is 440 g/mol. The van der Waals surface area contributed by atoms with Crippen molar-refractivity contribution in [3.63, 3.8) is 0 Å². The molecule has 0 radical (unpaired) electrons. The second-order valence-electron chi connectivity index (χ2n) is 7.72. The SMILES string of the molecule is Cc1ccc(C(C)C)c(OCC(=O)N/N=C\c2ccc(OC(=O)c3ccccc3Cl)cc2)c1. The van der Waals surface area contributed by atoms with Gasteiger partial charge in [-0.25, -0.2) is 10.2 Å². The number of aryl methyl sites for hydroxylation is 1. The Morgan fingerprint density at radius 1 is 1.06 bits per heavy atom. The molecule has 7 heteroatoms. The van der Waals surface area contributed by atoms with E-state index in [0.29, 0.717) is 22.1 Å². The number of rotatable bonds is 8. The second-order valence-corrected chi connectivity index (χ2v) is 8.12. The summed E-state index contributed by atoms with van der Waals surface area (Å²) in [4.78, 5) is 24.3. The largest absolute Gasteiger partial charge is 0.483 e. The lowest BCUT2D eigenvalue weighted by Gasteiger charge is -2.14. The zero-order valence-electron chi connectivity index (χ0n) is 18.7. The quantitative estimate of drug-likeness (QED) is 0.206. The molecule has 3 aromatic carbocycles. The van der Waals surface area contributed by atoms with Crippen LogP contribution in [0.5, 0.6) is 11.5 Å². The molecule has 0 aliphatic carbocycles. The number of hydrazone groups is 1. The molecule has 0 aromatic heterocycles. The zero-order valence-corrected chi connectivity index (χ0v) is 19.4. The summed E-state index contributed by atoms with van der Waals surface area (Å²) in [5.41, 5.74) is 5.57. The average Bonchev–Trinajstić information content (AvgIpc) is 2.79. The number of hydrogen-bond acceptors (Lipinski definition) is 5. The highest BCUT2D eigenvalue weighted by molar-refractivity contribution is 6.33. The van der Waals surface area contributed by atoms with Gasteiger partial charge in [0, 0.05) is 0 Å². The molecule has 0 saturated heterocycles. The standard InChI is InChI=1S/C26H25ClN2O4/c1-17(2)21-13-8-18(3)14-24(21)32-16-25(30)29-28-15-19-9-11-20(12-10-19)33-26(31)22-6-4-5-7-23(22)27/h4-15,17H,16H2,1-3H3,(H,29,30)/b28-15-. The number of ether oxygens (including phenoxy) is 2. The van der Waals surface area contributed by atoms with Gasteiger partial charge in [-0.2, -0.15) is 5.10 Å². The lowest BCUT2D eigenvalue weighted by molar-refractivity contribution is -0.123. The molecule has 0 heterocycles. The van der Waals surface area contributed by atoms with Crippen LogP contribution in [0, 0.1) is 6.92 Å². The molecule has 0 atom stereocenters. The van der Waals surface area contributed by atoms with E-state index in [9.17, 15) is 9.59 Å². The highest BCUT2D eigenvalue weighted by Crippen LogP contribution is 2.27. The van der Waals surface area contributed by atoms with Crippen LogP contribution in [0.15, 0.2) is 71.8 Å². The summed E-state index contributed by atoms with van der Waals surface area (Å²) in [5.74, 6) is 0.449. The number of carbonyl (C=O) groups excluding carboxylic acids is 2. The summed E-state index contributed by atoms with van der Waals surface area (Å²) < 4.78 is 11.0. The third-order valence-electron chi connectivity index (χ3n) is 4.74. The maximum atomic E-state index is 12.2. The van der Waals surface area contributed by atoms with Gasteiger partial charge in [0.05, 0.1) is 16.8 Å². The highest BCUT2D eigenvalue weighted by atomic mass is 35.5. The van der Waals surface area contributed by atoms with E-state index in [0.717, 1.165) is 16.7 Å². The predicted molar refractivity (Wildman–Crippen MR) is 129 cm³/mol. The van der Waals surface area contributed by atoms with Crippen LogP contribution in [0.25, 0.3) is 0 Å². The van der Waals surface area contributed by atoms with Crippen LogP contribution in [-0.2, 0) is 4.79 Å². The van der Waals surface area contributed by atoms with Gasteiger partial charge < -0.3 is 9.47 Å². The molecule has 170 valence electrons. The van der Waals surface area contributed by atoms with Crippen LogP contribution in [-0.4, -0.2) is 24.7 Å². The molecule has 3 rings (SSSR count). The predicted octanol–water partition coefficient (Wildman–Crippen LogP) is 5.52. The average molecular weight is 465 g/mol. The smallest absolute Gasteiger partial charge is 0.345 e. The Kier molecular flexibility index (Phi) is 8.22. The molecule has 33 heavy (non-hydrogen) atoms. The van der Waals surface area contributed by atoms with E-state index in [-0.39, 0.29) is 18.4 Å². The van der Waals surface area contributed by atoms with Crippen molar-refractivity contribution in [2.24, 2.45) is 5.10 Å². The van der Waals surface area contributed by atoms with Crippen molar-refractivity contribution in [2.75, 3.05) is 6.61 Å². The Morgan fingerprint density at radius 3 is 2.48 bits per heavy atom. The summed E-state index contributed by atoms with van der Waals surface area (Å²) in [5, 5.41) is 4.28. The molecule has 0 aliphatic rings. The molecule has 6 nitrogen and oxygen atoms in total. The van der Waals surface area contributed by atoms with E-state index >= 15 is 0 Å². The number of esters is 1. The van der Waals surface area contributed by atoms with Crippen molar-refractivity contribution in [3.05, 3.63) is 94.0 Å². The normalized spacial score (nSPS) is 10.9. The first-order valence-corrected chi connectivity index (χ1v) is 10.8. The van der Waals surface area contributed by atoms with Gasteiger partial charge in [0.1, 0.15) is 11.5 Å². The van der Waals surface area contributed by atoms with E-state index in [1.807, 2.05) is 25.1 Å². The first kappa shape index (κ1) is 24.0. The molecule has 0 unspecified atom stereocenters. The van der Waals surface area contributed by atoms with Gasteiger partial charge in [-0.05, 0) is 72.0 Å². The van der Waals surface area contributed by atoms with Crippen LogP contribution in [0.2, 0.25) is 5.02 Å². The maximum absolute atomic E-state index is 12.2. The third-order valence-corrected chi connectivity index (χ3v) is 5.07. The topological polar surface area (TPSA) is 77.0 Å². The second kappa shape index (κ2) is 11.3. The van der Waals surface area contributed by atoms with E-state index < -0.39 is 5.97 Å². The summed E-state index contributed by atoms with van der Waals surface area (Å²) in [7, 11) is 0. The molecule has 1 amide bonds. The van der Waals surface area contributed by atoms with Crippen molar-refractivity contribution in [3.8, 4) is 11.5 Å². The van der Waals surface area contributed by atoms with Crippen LogP contribution in [0.1, 0.15) is 46.8 Å². The van der Waals surface area contributed by atoms with Crippen molar-refractivity contribution < 1.29 is 19.1 Å². The van der Waals surface area contributed by atoms with Gasteiger partial charge in [0.2, 0.25) is 0 Å². The van der Waals surface area contributed by atoms with Gasteiger partial charge in [0.25, 0.3) is 5.91 Å². The highest BCUT2D eigenvalue weighted by Gasteiger charge is 2.12. The maximum Gasteiger partial charge on any atom is 0.345 e. The van der Waals surface area contributed by atoms with Crippen molar-refractivity contribution in [2.45, 2.75) is 26.7 Å². The molecule has 0 bridgehead atoms. The minimum absolute atomic E-state index is 0.141. The van der Waals surface area contributed by atoms with Crippen molar-refractivity contribution in [1.82, 2.24) is 5.43 Å². The van der Waals surface area contributed by atoms with Crippen molar-refractivity contribution in [1.29, 1.82) is 0 Å². The Hall–Kier alpha value is -3.64. The Labute approximate surface area is 198 Å². The fourth-order valence-corrected chi connectivity index (χ4v) is 3.22. The molecule has 0 fully saturated rings. The van der Waals surface area contributed by atoms with E-state index in [1.165, 1.54) is 6.21 Å². The fourth-order valence-electron chi connectivity index (χ4n) is 3.01. The van der Waals surface area contributed by atoms with Gasteiger partial charge in [-0.1, -0.05) is 49.7 Å². The Balaban J connectivity index is 1.50. The third kappa shape index (κ3) is 6.92. The molecule has 0 spiro atoms. The monoisotopic (exact) mass is 464 g/mol.